The summed E-state index contributed by atoms with van der Waals surface area (Å²) in [5, 5.41) is 9.15. The largest absolute Gasteiger partial charge is 0.348 e. The van der Waals surface area contributed by atoms with E-state index < -0.39 is 0 Å². The lowest BCUT2D eigenvalue weighted by Gasteiger charge is -2.09. The zero-order valence-electron chi connectivity index (χ0n) is 8.80. The Kier molecular flexibility index (Phi) is 6.62. The Morgan fingerprint density at radius 1 is 1.50 bits per heavy atom. The van der Waals surface area contributed by atoms with Gasteiger partial charge in [-0.15, -0.1) is 0 Å². The van der Waals surface area contributed by atoms with Crippen molar-refractivity contribution in [1.29, 1.82) is 5.41 Å². The Hall–Kier alpha value is -1.19. The van der Waals surface area contributed by atoms with E-state index >= 15 is 0 Å². The summed E-state index contributed by atoms with van der Waals surface area (Å²) in [4.78, 5) is 22.0. The molecule has 0 aromatic heterocycles. The van der Waals surface area contributed by atoms with Gasteiger partial charge in [0.1, 0.15) is 0 Å². The lowest BCUT2D eigenvalue weighted by atomic mass is 10.0. The monoisotopic (exact) mass is 198 g/mol. The van der Waals surface area contributed by atoms with Crippen LogP contribution in [0.2, 0.25) is 0 Å². The van der Waals surface area contributed by atoms with Crippen molar-refractivity contribution in [1.82, 2.24) is 5.32 Å². The highest BCUT2D eigenvalue weighted by Crippen LogP contribution is 2.06. The molecule has 0 fully saturated rings. The number of hydrogen-bond donors (Lipinski definition) is 2. The van der Waals surface area contributed by atoms with Crippen molar-refractivity contribution in [2.45, 2.75) is 33.1 Å². The molecule has 0 unspecified atom stereocenters. The van der Waals surface area contributed by atoms with Crippen molar-refractivity contribution in [3.8, 4) is 0 Å². The normalized spacial score (nSPS) is 11.9. The molecule has 0 saturated heterocycles. The van der Waals surface area contributed by atoms with Gasteiger partial charge in [0.25, 0.3) is 0 Å². The highest BCUT2D eigenvalue weighted by atomic mass is 16.2. The van der Waals surface area contributed by atoms with Crippen LogP contribution in [-0.2, 0) is 9.59 Å². The summed E-state index contributed by atoms with van der Waals surface area (Å²) in [6.45, 7) is 3.86. The van der Waals surface area contributed by atoms with Gasteiger partial charge >= 0.3 is 0 Å². The molecule has 0 aliphatic rings. The number of unbranched alkanes of at least 4 members (excludes halogenated alkanes) is 1. The van der Waals surface area contributed by atoms with Crippen molar-refractivity contribution in [3.05, 3.63) is 0 Å². The van der Waals surface area contributed by atoms with Crippen molar-refractivity contribution >= 4 is 17.9 Å². The Bertz CT molecular complexity index is 214. The first-order chi connectivity index (χ1) is 6.61. The van der Waals surface area contributed by atoms with Gasteiger partial charge in [-0.05, 0) is 6.42 Å². The maximum absolute atomic E-state index is 11.3. The summed E-state index contributed by atoms with van der Waals surface area (Å²) in [5.41, 5.74) is 0. The van der Waals surface area contributed by atoms with Crippen LogP contribution in [-0.4, -0.2) is 24.4 Å². The van der Waals surface area contributed by atoms with Gasteiger partial charge in [-0.25, -0.2) is 0 Å². The summed E-state index contributed by atoms with van der Waals surface area (Å²) in [7, 11) is 0. The molecule has 0 rings (SSSR count). The lowest BCUT2D eigenvalue weighted by molar-refractivity contribution is -0.126. The van der Waals surface area contributed by atoms with Gasteiger partial charge in [0.2, 0.25) is 5.91 Å². The summed E-state index contributed by atoms with van der Waals surface area (Å²) in [6.07, 6.45) is 3.66. The molecule has 0 aromatic carbocycles. The molecule has 4 nitrogen and oxygen atoms in total. The molecule has 4 heteroatoms. The maximum atomic E-state index is 11.3. The Morgan fingerprint density at radius 3 is 2.64 bits per heavy atom. The van der Waals surface area contributed by atoms with Gasteiger partial charge < -0.3 is 10.7 Å². The second-order valence-corrected chi connectivity index (χ2v) is 3.37. The maximum Gasteiger partial charge on any atom is 0.223 e. The molecule has 0 heterocycles. The van der Waals surface area contributed by atoms with Crippen LogP contribution < -0.4 is 5.32 Å². The number of amides is 1. The fraction of sp³-hybridized carbons (Fsp3) is 0.700. The van der Waals surface area contributed by atoms with E-state index in [-0.39, 0.29) is 24.2 Å². The Morgan fingerprint density at radius 2 is 2.14 bits per heavy atom. The number of Topliss-reactive ketones (excluding diaryl/α,β-unsaturated/α-hetero) is 1. The van der Waals surface area contributed by atoms with Crippen LogP contribution in [0.4, 0.5) is 0 Å². The van der Waals surface area contributed by atoms with Gasteiger partial charge in [0, 0.05) is 5.92 Å². The van der Waals surface area contributed by atoms with Crippen molar-refractivity contribution in [2.24, 2.45) is 5.92 Å². The second kappa shape index (κ2) is 7.24. The van der Waals surface area contributed by atoms with Gasteiger partial charge in [0.05, 0.1) is 12.8 Å². The van der Waals surface area contributed by atoms with E-state index in [1.54, 1.807) is 0 Å². The second-order valence-electron chi connectivity index (χ2n) is 3.37. The predicted octanol–water partition coefficient (Wildman–Crippen LogP) is 1.15. The highest BCUT2D eigenvalue weighted by molar-refractivity contribution is 6.27. The lowest BCUT2D eigenvalue weighted by Crippen LogP contribution is -2.33. The van der Waals surface area contributed by atoms with E-state index in [0.29, 0.717) is 0 Å². The number of hydrogen-bond acceptors (Lipinski definition) is 3. The van der Waals surface area contributed by atoms with Gasteiger partial charge in [-0.3, -0.25) is 9.59 Å². The van der Waals surface area contributed by atoms with Crippen molar-refractivity contribution < 1.29 is 9.59 Å². The molecule has 1 amide bonds. The summed E-state index contributed by atoms with van der Waals surface area (Å²) in [5.74, 6) is -0.525. The molecule has 14 heavy (non-hydrogen) atoms. The molecule has 0 aliphatic heterocycles. The van der Waals surface area contributed by atoms with Crippen LogP contribution in [0.25, 0.3) is 0 Å². The standard InChI is InChI=1S/C10H18N2O2/c1-3-4-5-8(2)10(14)12-7-9(13)6-11/h6,8,11H,3-5,7H2,1-2H3,(H,12,14)/t8-/m0/s1. The molecular weight excluding hydrogens is 180 g/mol. The SMILES string of the molecule is CCCC[C@H](C)C(=O)NCC(=O)C=N. The molecular formula is C10H18N2O2. The third kappa shape index (κ3) is 5.45. The van der Waals surface area contributed by atoms with Crippen LogP contribution >= 0.6 is 0 Å². The van der Waals surface area contributed by atoms with E-state index in [2.05, 4.69) is 12.2 Å². The molecule has 1 atom stereocenters. The highest BCUT2D eigenvalue weighted by Gasteiger charge is 2.12. The molecule has 0 saturated carbocycles. The first kappa shape index (κ1) is 12.8. The third-order valence-corrected chi connectivity index (χ3v) is 2.04. The van der Waals surface area contributed by atoms with Crippen LogP contribution in [0.1, 0.15) is 33.1 Å². The molecule has 0 bridgehead atoms. The Balaban J connectivity index is 3.72. The summed E-state index contributed by atoms with van der Waals surface area (Å²) >= 11 is 0. The predicted molar refractivity (Wildman–Crippen MR) is 55.5 cm³/mol. The van der Waals surface area contributed by atoms with E-state index in [0.717, 1.165) is 25.5 Å². The minimum Gasteiger partial charge on any atom is -0.348 e. The number of ketones is 1. The summed E-state index contributed by atoms with van der Waals surface area (Å²) in [6, 6.07) is 0. The first-order valence-corrected chi connectivity index (χ1v) is 4.92. The van der Waals surface area contributed by atoms with E-state index in [4.69, 9.17) is 5.41 Å². The van der Waals surface area contributed by atoms with Gasteiger partial charge in [0.15, 0.2) is 5.78 Å². The minimum atomic E-state index is -0.374. The van der Waals surface area contributed by atoms with E-state index in [9.17, 15) is 9.59 Å². The molecule has 0 aromatic rings. The van der Waals surface area contributed by atoms with E-state index in [1.807, 2.05) is 6.92 Å². The van der Waals surface area contributed by atoms with Crippen molar-refractivity contribution in [3.63, 3.8) is 0 Å². The summed E-state index contributed by atoms with van der Waals surface area (Å²) < 4.78 is 0. The number of nitrogens with one attached hydrogen (secondary N) is 2. The third-order valence-electron chi connectivity index (χ3n) is 2.04. The number of carbonyl (C=O) groups excluding carboxylic acids is 2. The van der Waals surface area contributed by atoms with Gasteiger partial charge in [-0.1, -0.05) is 26.7 Å². The first-order valence-electron chi connectivity index (χ1n) is 4.92. The van der Waals surface area contributed by atoms with E-state index in [1.165, 1.54) is 0 Å². The average molecular weight is 198 g/mol. The van der Waals surface area contributed by atoms with Crippen LogP contribution in [0, 0.1) is 11.3 Å². The zero-order chi connectivity index (χ0) is 11.0. The molecule has 0 spiro atoms. The molecule has 80 valence electrons. The number of rotatable bonds is 7. The topological polar surface area (TPSA) is 70.0 Å². The fourth-order valence-electron chi connectivity index (χ4n) is 1.04. The Labute approximate surface area is 84.6 Å². The molecule has 0 aliphatic carbocycles. The smallest absolute Gasteiger partial charge is 0.223 e. The molecule has 0 radical (unpaired) electrons. The van der Waals surface area contributed by atoms with Crippen LogP contribution in [0.15, 0.2) is 0 Å². The van der Waals surface area contributed by atoms with Crippen molar-refractivity contribution in [2.75, 3.05) is 6.54 Å². The zero-order valence-corrected chi connectivity index (χ0v) is 8.80. The quantitative estimate of drug-likeness (QED) is 0.602. The average Bonchev–Trinajstić information content (AvgIpc) is 2.21. The minimum absolute atomic E-state index is 0.0477. The van der Waals surface area contributed by atoms with Crippen LogP contribution in [0.3, 0.4) is 0 Å². The van der Waals surface area contributed by atoms with Crippen LogP contribution in [0.5, 0.6) is 0 Å². The molecule has 2 N–H and O–H groups in total. The number of carbonyl (C=O) groups is 2. The van der Waals surface area contributed by atoms with Gasteiger partial charge in [-0.2, -0.15) is 0 Å². The fourth-order valence-corrected chi connectivity index (χ4v) is 1.04.